The average Bonchev–Trinajstić information content (AvgIpc) is 3.04. The van der Waals surface area contributed by atoms with E-state index in [4.69, 9.17) is 5.11 Å². The minimum atomic E-state index is -0.948. The van der Waals surface area contributed by atoms with Gasteiger partial charge in [0.05, 0.1) is 0 Å². The number of carboxylic acids is 1. The summed E-state index contributed by atoms with van der Waals surface area (Å²) >= 11 is 0. The van der Waals surface area contributed by atoms with E-state index in [1.54, 1.807) is 11.9 Å². The first kappa shape index (κ1) is 17.0. The Kier molecular flexibility index (Phi) is 5.73. The quantitative estimate of drug-likeness (QED) is 0.869. The Bertz CT molecular complexity index is 573. The molecule has 1 unspecified atom stereocenters. The molecule has 0 aliphatic carbocycles. The van der Waals surface area contributed by atoms with Crippen molar-refractivity contribution in [1.82, 2.24) is 4.90 Å². The van der Waals surface area contributed by atoms with Crippen molar-refractivity contribution in [2.24, 2.45) is 0 Å². The summed E-state index contributed by atoms with van der Waals surface area (Å²) in [5, 5.41) is 9.09. The van der Waals surface area contributed by atoms with Gasteiger partial charge in [-0.2, -0.15) is 0 Å². The molecule has 0 saturated carbocycles. The number of carbonyl (C=O) groups excluding carboxylic acids is 2. The molecule has 1 aromatic carbocycles. The molecule has 0 aromatic heterocycles. The lowest BCUT2D eigenvalue weighted by atomic mass is 10.1. The van der Waals surface area contributed by atoms with Crippen LogP contribution in [-0.4, -0.2) is 47.4 Å². The van der Waals surface area contributed by atoms with Gasteiger partial charge in [-0.15, -0.1) is 0 Å². The van der Waals surface area contributed by atoms with Crippen molar-refractivity contribution in [3.8, 4) is 0 Å². The van der Waals surface area contributed by atoms with Crippen molar-refractivity contribution in [3.05, 3.63) is 30.3 Å². The zero-order valence-corrected chi connectivity index (χ0v) is 13.3. The largest absolute Gasteiger partial charge is 0.480 e. The molecule has 1 aliphatic rings. The Morgan fingerprint density at radius 1 is 1.22 bits per heavy atom. The number of rotatable bonds is 6. The molecule has 6 heteroatoms. The molecule has 2 rings (SSSR count). The normalized spacial score (nSPS) is 17.1. The summed E-state index contributed by atoms with van der Waals surface area (Å²) in [6, 6.07) is 8.61. The molecule has 1 heterocycles. The number of anilines is 1. The summed E-state index contributed by atoms with van der Waals surface area (Å²) in [6.07, 6.45) is 2.13. The summed E-state index contributed by atoms with van der Waals surface area (Å²) in [4.78, 5) is 38.3. The first-order valence-corrected chi connectivity index (χ1v) is 7.84. The summed E-state index contributed by atoms with van der Waals surface area (Å²) in [5.41, 5.74) is 0.814. The highest BCUT2D eigenvalue weighted by atomic mass is 16.4. The maximum atomic E-state index is 12.1. The monoisotopic (exact) mass is 318 g/mol. The van der Waals surface area contributed by atoms with E-state index in [2.05, 4.69) is 0 Å². The second kappa shape index (κ2) is 7.76. The molecular formula is C17H22N2O4. The van der Waals surface area contributed by atoms with Crippen LogP contribution < -0.4 is 4.90 Å². The Labute approximate surface area is 135 Å². The predicted octanol–water partition coefficient (Wildman–Crippen LogP) is 1.90. The topological polar surface area (TPSA) is 77.9 Å². The minimum Gasteiger partial charge on any atom is -0.480 e. The van der Waals surface area contributed by atoms with Gasteiger partial charge >= 0.3 is 5.97 Å². The smallest absolute Gasteiger partial charge is 0.326 e. The first-order valence-electron chi connectivity index (χ1n) is 7.84. The van der Waals surface area contributed by atoms with Crippen LogP contribution in [0.1, 0.15) is 32.1 Å². The lowest BCUT2D eigenvalue weighted by Gasteiger charge is -2.21. The number of hydrogen-bond donors (Lipinski definition) is 1. The van der Waals surface area contributed by atoms with Crippen LogP contribution >= 0.6 is 0 Å². The second-order valence-electron chi connectivity index (χ2n) is 5.73. The van der Waals surface area contributed by atoms with E-state index in [1.165, 1.54) is 4.90 Å². The SMILES string of the molecule is CN(C(=O)CCCC(=O)N1CCCC1C(=O)O)c1ccccc1. The maximum absolute atomic E-state index is 12.1. The molecule has 6 nitrogen and oxygen atoms in total. The predicted molar refractivity (Wildman–Crippen MR) is 86.1 cm³/mol. The van der Waals surface area contributed by atoms with Gasteiger partial charge in [0, 0.05) is 32.1 Å². The van der Waals surface area contributed by atoms with Gasteiger partial charge in [0.1, 0.15) is 6.04 Å². The molecule has 0 bridgehead atoms. The van der Waals surface area contributed by atoms with Crippen LogP contribution in [0.5, 0.6) is 0 Å². The number of likely N-dealkylation sites (tertiary alicyclic amines) is 1. The molecular weight excluding hydrogens is 296 g/mol. The number of aliphatic carboxylic acids is 1. The fourth-order valence-electron chi connectivity index (χ4n) is 2.82. The third kappa shape index (κ3) is 4.31. The van der Waals surface area contributed by atoms with Crippen molar-refractivity contribution in [1.29, 1.82) is 0 Å². The molecule has 23 heavy (non-hydrogen) atoms. The van der Waals surface area contributed by atoms with Crippen LogP contribution in [-0.2, 0) is 14.4 Å². The molecule has 1 aliphatic heterocycles. The Morgan fingerprint density at radius 3 is 2.57 bits per heavy atom. The van der Waals surface area contributed by atoms with Crippen LogP contribution in [0.25, 0.3) is 0 Å². The van der Waals surface area contributed by atoms with Gasteiger partial charge in [-0.3, -0.25) is 9.59 Å². The third-order valence-corrected chi connectivity index (χ3v) is 4.16. The summed E-state index contributed by atoms with van der Waals surface area (Å²) in [7, 11) is 1.71. The Morgan fingerprint density at radius 2 is 1.91 bits per heavy atom. The fourth-order valence-corrected chi connectivity index (χ4v) is 2.82. The van der Waals surface area contributed by atoms with Gasteiger partial charge in [-0.05, 0) is 31.4 Å². The minimum absolute atomic E-state index is 0.0554. The van der Waals surface area contributed by atoms with E-state index in [0.717, 1.165) is 12.1 Å². The number of amides is 2. The molecule has 124 valence electrons. The highest BCUT2D eigenvalue weighted by Crippen LogP contribution is 2.19. The molecule has 0 spiro atoms. The van der Waals surface area contributed by atoms with E-state index < -0.39 is 12.0 Å². The van der Waals surface area contributed by atoms with Crippen molar-refractivity contribution in [2.75, 3.05) is 18.5 Å². The Balaban J connectivity index is 1.79. The summed E-state index contributed by atoms with van der Waals surface area (Å²) < 4.78 is 0. The van der Waals surface area contributed by atoms with E-state index in [-0.39, 0.29) is 24.7 Å². The third-order valence-electron chi connectivity index (χ3n) is 4.16. The fraction of sp³-hybridized carbons (Fsp3) is 0.471. The Hall–Kier alpha value is -2.37. The number of hydrogen-bond acceptors (Lipinski definition) is 3. The molecule has 0 radical (unpaired) electrons. The molecule has 1 fully saturated rings. The first-order chi connectivity index (χ1) is 11.0. The standard InChI is InChI=1S/C17H22N2O4/c1-18(13-7-3-2-4-8-13)15(20)10-5-11-16(21)19-12-6-9-14(19)17(22)23/h2-4,7-8,14H,5-6,9-12H2,1H3,(H,22,23). The highest BCUT2D eigenvalue weighted by Gasteiger charge is 2.33. The van der Waals surface area contributed by atoms with E-state index in [1.807, 2.05) is 30.3 Å². The highest BCUT2D eigenvalue weighted by molar-refractivity contribution is 5.93. The lowest BCUT2D eigenvalue weighted by Crippen LogP contribution is -2.40. The van der Waals surface area contributed by atoms with E-state index in [9.17, 15) is 14.4 Å². The van der Waals surface area contributed by atoms with Crippen LogP contribution in [0.2, 0.25) is 0 Å². The van der Waals surface area contributed by atoms with Crippen LogP contribution in [0, 0.1) is 0 Å². The van der Waals surface area contributed by atoms with Gasteiger partial charge < -0.3 is 14.9 Å². The molecule has 2 amide bonds. The average molecular weight is 318 g/mol. The van der Waals surface area contributed by atoms with Gasteiger partial charge in [0.2, 0.25) is 11.8 Å². The molecule has 1 saturated heterocycles. The summed E-state index contributed by atoms with van der Waals surface area (Å²) in [6.45, 7) is 0.494. The van der Waals surface area contributed by atoms with Gasteiger partial charge in [-0.1, -0.05) is 18.2 Å². The lowest BCUT2D eigenvalue weighted by molar-refractivity contribution is -0.148. The molecule has 1 N–H and O–H groups in total. The van der Waals surface area contributed by atoms with E-state index >= 15 is 0 Å². The number of carbonyl (C=O) groups is 3. The second-order valence-corrected chi connectivity index (χ2v) is 5.73. The van der Waals surface area contributed by atoms with Gasteiger partial charge in [0.15, 0.2) is 0 Å². The van der Waals surface area contributed by atoms with Crippen LogP contribution in [0.15, 0.2) is 30.3 Å². The van der Waals surface area contributed by atoms with Crippen molar-refractivity contribution < 1.29 is 19.5 Å². The van der Waals surface area contributed by atoms with Crippen LogP contribution in [0.4, 0.5) is 5.69 Å². The number of para-hydroxylation sites is 1. The number of nitrogens with zero attached hydrogens (tertiary/aromatic N) is 2. The zero-order valence-electron chi connectivity index (χ0n) is 13.3. The number of benzene rings is 1. The van der Waals surface area contributed by atoms with Crippen molar-refractivity contribution in [3.63, 3.8) is 0 Å². The van der Waals surface area contributed by atoms with E-state index in [0.29, 0.717) is 19.4 Å². The number of carboxylic acid groups (broad SMARTS) is 1. The van der Waals surface area contributed by atoms with Crippen LogP contribution in [0.3, 0.4) is 0 Å². The summed E-state index contributed by atoms with van der Waals surface area (Å²) in [5.74, 6) is -1.18. The van der Waals surface area contributed by atoms with Gasteiger partial charge in [-0.25, -0.2) is 4.79 Å². The zero-order chi connectivity index (χ0) is 16.8. The molecule has 1 atom stereocenters. The molecule has 1 aromatic rings. The van der Waals surface area contributed by atoms with Crippen molar-refractivity contribution >= 4 is 23.5 Å². The van der Waals surface area contributed by atoms with Gasteiger partial charge in [0.25, 0.3) is 0 Å². The maximum Gasteiger partial charge on any atom is 0.326 e. The van der Waals surface area contributed by atoms with Crippen molar-refractivity contribution in [2.45, 2.75) is 38.1 Å².